The van der Waals surface area contributed by atoms with E-state index in [1.807, 2.05) is 6.92 Å². The number of rotatable bonds is 6. The van der Waals surface area contributed by atoms with E-state index in [4.69, 9.17) is 22.1 Å². The number of alkyl halides is 1. The molecule has 2 aromatic heterocycles. The highest BCUT2D eigenvalue weighted by Crippen LogP contribution is 2.15. The van der Waals surface area contributed by atoms with Crippen LogP contribution in [0.3, 0.4) is 0 Å². The molecule has 2 aromatic rings. The average molecular weight is 327 g/mol. The Balaban J connectivity index is 1.94. The summed E-state index contributed by atoms with van der Waals surface area (Å²) < 4.78 is 18.7. The molecule has 0 bridgehead atoms. The molecule has 9 heteroatoms. The maximum atomic E-state index is 13.3. The van der Waals surface area contributed by atoms with E-state index in [0.29, 0.717) is 17.5 Å². The first-order chi connectivity index (χ1) is 10.4. The van der Waals surface area contributed by atoms with E-state index >= 15 is 0 Å². The van der Waals surface area contributed by atoms with Gasteiger partial charge in [-0.3, -0.25) is 0 Å². The predicted molar refractivity (Wildman–Crippen MR) is 81.6 cm³/mol. The molecule has 2 heterocycles. The molecule has 2 atom stereocenters. The summed E-state index contributed by atoms with van der Waals surface area (Å²) in [5.41, 5.74) is 5.53. The van der Waals surface area contributed by atoms with Crippen molar-refractivity contribution in [3.8, 4) is 5.88 Å². The van der Waals surface area contributed by atoms with Crippen molar-refractivity contribution in [3.63, 3.8) is 0 Å². The highest BCUT2D eigenvalue weighted by atomic mass is 35.5. The summed E-state index contributed by atoms with van der Waals surface area (Å²) in [6.07, 6.45) is 0.173. The fourth-order valence-corrected chi connectivity index (χ4v) is 1.68. The lowest BCUT2D eigenvalue weighted by molar-refractivity contribution is 0.292. The zero-order valence-corrected chi connectivity index (χ0v) is 12.9. The lowest BCUT2D eigenvalue weighted by Gasteiger charge is -2.15. The smallest absolute Gasteiger partial charge is 0.228 e. The van der Waals surface area contributed by atoms with Crippen molar-refractivity contribution in [2.24, 2.45) is 0 Å². The van der Waals surface area contributed by atoms with Gasteiger partial charge in [0.25, 0.3) is 0 Å². The summed E-state index contributed by atoms with van der Waals surface area (Å²) in [4.78, 5) is 15.6. The van der Waals surface area contributed by atoms with E-state index in [0.717, 1.165) is 0 Å². The Morgan fingerprint density at radius 1 is 1.32 bits per heavy atom. The third-order valence-electron chi connectivity index (χ3n) is 2.58. The molecule has 2 unspecified atom stereocenters. The molecule has 0 saturated carbocycles. The van der Waals surface area contributed by atoms with Crippen LogP contribution < -0.4 is 15.8 Å². The SMILES string of the molecule is CC(COc1ccc(Cl)cn1)Nc1nc(N)nc(C(C)F)n1. The number of pyridine rings is 1. The van der Waals surface area contributed by atoms with E-state index in [2.05, 4.69) is 25.3 Å². The molecule has 0 radical (unpaired) electrons. The molecule has 0 aliphatic heterocycles. The lowest BCUT2D eigenvalue weighted by Crippen LogP contribution is -2.25. The summed E-state index contributed by atoms with van der Waals surface area (Å²) in [6, 6.07) is 3.20. The summed E-state index contributed by atoms with van der Waals surface area (Å²) >= 11 is 5.74. The Bertz CT molecular complexity index is 624. The number of hydrogen-bond acceptors (Lipinski definition) is 7. The Kier molecular flexibility index (Phi) is 5.26. The van der Waals surface area contributed by atoms with Crippen molar-refractivity contribution in [1.82, 2.24) is 19.9 Å². The number of nitrogen functional groups attached to an aromatic ring is 1. The van der Waals surface area contributed by atoms with Crippen LogP contribution in [0.1, 0.15) is 25.8 Å². The van der Waals surface area contributed by atoms with Crippen LogP contribution in [0.15, 0.2) is 18.3 Å². The van der Waals surface area contributed by atoms with Gasteiger partial charge in [0.15, 0.2) is 12.0 Å². The monoisotopic (exact) mass is 326 g/mol. The van der Waals surface area contributed by atoms with Crippen molar-refractivity contribution in [1.29, 1.82) is 0 Å². The molecule has 7 nitrogen and oxygen atoms in total. The second-order valence-corrected chi connectivity index (χ2v) is 5.10. The van der Waals surface area contributed by atoms with E-state index in [9.17, 15) is 4.39 Å². The first-order valence-electron chi connectivity index (χ1n) is 6.60. The van der Waals surface area contributed by atoms with Gasteiger partial charge in [-0.15, -0.1) is 0 Å². The van der Waals surface area contributed by atoms with Crippen molar-refractivity contribution in [3.05, 3.63) is 29.2 Å². The van der Waals surface area contributed by atoms with Gasteiger partial charge in [0.2, 0.25) is 17.8 Å². The maximum Gasteiger partial charge on any atom is 0.228 e. The third-order valence-corrected chi connectivity index (χ3v) is 2.81. The van der Waals surface area contributed by atoms with Crippen molar-refractivity contribution in [2.75, 3.05) is 17.7 Å². The summed E-state index contributed by atoms with van der Waals surface area (Å²) in [6.45, 7) is 3.49. The number of aromatic nitrogens is 4. The molecule has 0 aromatic carbocycles. The third kappa shape index (κ3) is 4.66. The minimum absolute atomic E-state index is 0.0116. The van der Waals surface area contributed by atoms with E-state index < -0.39 is 6.17 Å². The summed E-state index contributed by atoms with van der Waals surface area (Å²) in [5, 5.41) is 3.51. The van der Waals surface area contributed by atoms with Gasteiger partial charge in [-0.05, 0) is 19.9 Å². The van der Waals surface area contributed by atoms with E-state index in [1.54, 1.807) is 12.1 Å². The topological polar surface area (TPSA) is 98.8 Å². The van der Waals surface area contributed by atoms with Gasteiger partial charge in [0.05, 0.1) is 11.1 Å². The number of halogens is 2. The molecule has 2 rings (SSSR count). The number of ether oxygens (including phenoxy) is 1. The largest absolute Gasteiger partial charge is 0.475 e. The number of anilines is 2. The second kappa shape index (κ2) is 7.17. The van der Waals surface area contributed by atoms with Crippen molar-refractivity contribution in [2.45, 2.75) is 26.1 Å². The van der Waals surface area contributed by atoms with Gasteiger partial charge in [0.1, 0.15) is 6.61 Å². The standard InChI is InChI=1S/C13H16ClFN6O/c1-7(6-22-10-4-3-9(14)5-17-10)18-13-20-11(8(2)15)19-12(16)21-13/h3-5,7-8H,6H2,1-2H3,(H3,16,18,19,20,21). The molecule has 0 amide bonds. The van der Waals surface area contributed by atoms with E-state index in [1.165, 1.54) is 13.1 Å². The summed E-state index contributed by atoms with van der Waals surface area (Å²) in [7, 11) is 0. The zero-order chi connectivity index (χ0) is 16.1. The molecule has 0 spiro atoms. The van der Waals surface area contributed by atoms with Gasteiger partial charge >= 0.3 is 0 Å². The normalized spacial score (nSPS) is 13.5. The highest BCUT2D eigenvalue weighted by Gasteiger charge is 2.12. The van der Waals surface area contributed by atoms with Crippen LogP contribution in [0.2, 0.25) is 5.02 Å². The number of nitrogens with zero attached hydrogens (tertiary/aromatic N) is 4. The molecular weight excluding hydrogens is 311 g/mol. The molecular formula is C13H16ClFN6O. The van der Waals surface area contributed by atoms with Crippen molar-refractivity contribution >= 4 is 23.5 Å². The van der Waals surface area contributed by atoms with Gasteiger partial charge in [0, 0.05) is 12.3 Å². The number of nitrogens with one attached hydrogen (secondary N) is 1. The number of nitrogens with two attached hydrogens (primary N) is 1. The molecule has 0 aliphatic carbocycles. The van der Waals surface area contributed by atoms with Crippen LogP contribution >= 0.6 is 11.6 Å². The van der Waals surface area contributed by atoms with Crippen LogP contribution in [0, 0.1) is 0 Å². The maximum absolute atomic E-state index is 13.3. The minimum Gasteiger partial charge on any atom is -0.475 e. The molecule has 0 saturated heterocycles. The summed E-state index contributed by atoms with van der Waals surface area (Å²) in [5.74, 6) is 0.602. The quantitative estimate of drug-likeness (QED) is 0.840. The van der Waals surface area contributed by atoms with Gasteiger partial charge in [-0.1, -0.05) is 11.6 Å². The molecule has 0 aliphatic rings. The van der Waals surface area contributed by atoms with Crippen LogP contribution in [0.4, 0.5) is 16.3 Å². The molecule has 3 N–H and O–H groups in total. The molecule has 118 valence electrons. The van der Waals surface area contributed by atoms with Crippen LogP contribution in [0.25, 0.3) is 0 Å². The first-order valence-corrected chi connectivity index (χ1v) is 6.98. The Morgan fingerprint density at radius 2 is 2.09 bits per heavy atom. The van der Waals surface area contributed by atoms with E-state index in [-0.39, 0.29) is 23.8 Å². The predicted octanol–water partition coefficient (Wildman–Crippen LogP) is 2.41. The van der Waals surface area contributed by atoms with Gasteiger partial charge < -0.3 is 15.8 Å². The lowest BCUT2D eigenvalue weighted by atomic mass is 10.3. The zero-order valence-electron chi connectivity index (χ0n) is 12.1. The fraction of sp³-hybridized carbons (Fsp3) is 0.385. The van der Waals surface area contributed by atoms with Gasteiger partial charge in [-0.2, -0.15) is 15.0 Å². The molecule has 0 fully saturated rings. The number of hydrogen-bond donors (Lipinski definition) is 2. The molecule has 22 heavy (non-hydrogen) atoms. The minimum atomic E-state index is -1.32. The fourth-order valence-electron chi connectivity index (χ4n) is 1.57. The van der Waals surface area contributed by atoms with Crippen LogP contribution in [-0.4, -0.2) is 32.6 Å². The Hall–Kier alpha value is -2.22. The highest BCUT2D eigenvalue weighted by molar-refractivity contribution is 6.30. The van der Waals surface area contributed by atoms with Crippen molar-refractivity contribution < 1.29 is 9.13 Å². The van der Waals surface area contributed by atoms with Crippen LogP contribution in [0.5, 0.6) is 5.88 Å². The second-order valence-electron chi connectivity index (χ2n) is 4.66. The first kappa shape index (κ1) is 16.2. The Morgan fingerprint density at radius 3 is 2.73 bits per heavy atom. The average Bonchev–Trinajstić information content (AvgIpc) is 2.46. The van der Waals surface area contributed by atoms with Gasteiger partial charge in [-0.25, -0.2) is 9.37 Å². The van der Waals surface area contributed by atoms with Crippen LogP contribution in [-0.2, 0) is 0 Å². The Labute approximate surface area is 132 Å².